The van der Waals surface area contributed by atoms with Gasteiger partial charge in [-0.15, -0.1) is 6.58 Å². The van der Waals surface area contributed by atoms with Crippen molar-refractivity contribution in [1.82, 2.24) is 0 Å². The Hall–Kier alpha value is -4.36. The number of benzene rings is 1. The Morgan fingerprint density at radius 2 is 1.72 bits per heavy atom. The Kier molecular flexibility index (Phi) is 9.41. The van der Waals surface area contributed by atoms with E-state index in [1.54, 1.807) is 16.7 Å². The van der Waals surface area contributed by atoms with Crippen LogP contribution in [-0.2, 0) is 5.41 Å². The number of hydrogen-bond acceptors (Lipinski definition) is 1. The monoisotopic (exact) mass is 709 g/mol. The molecule has 1 saturated carbocycles. The molecule has 0 N–H and O–H groups in total. The Morgan fingerprint density at radius 3 is 2.54 bits per heavy atom. The van der Waals surface area contributed by atoms with Gasteiger partial charge in [0.25, 0.3) is 0 Å². The summed E-state index contributed by atoms with van der Waals surface area (Å²) in [6.45, 7) is 11.2. The number of rotatable bonds is 9. The summed E-state index contributed by atoms with van der Waals surface area (Å²) in [5.74, 6) is 2.82. The van der Waals surface area contributed by atoms with Crippen LogP contribution in [0.25, 0.3) is 0 Å². The number of anilines is 1. The summed E-state index contributed by atoms with van der Waals surface area (Å²) in [6, 6.07) is 5.72. The summed E-state index contributed by atoms with van der Waals surface area (Å²) < 4.78 is 0. The van der Waals surface area contributed by atoms with Crippen molar-refractivity contribution >= 4 is 5.69 Å². The molecule has 8 aliphatic rings. The number of unbranched alkanes of at least 4 members (excludes halogenated alkanes) is 2. The van der Waals surface area contributed by atoms with Gasteiger partial charge in [0.15, 0.2) is 0 Å². The van der Waals surface area contributed by atoms with Crippen LogP contribution in [0.4, 0.5) is 5.69 Å². The van der Waals surface area contributed by atoms with E-state index in [9.17, 15) is 0 Å². The predicted octanol–water partition coefficient (Wildman–Crippen LogP) is 13.6. The molecule has 54 heavy (non-hydrogen) atoms. The van der Waals surface area contributed by atoms with Gasteiger partial charge in [-0.05, 0) is 116 Å². The van der Waals surface area contributed by atoms with E-state index in [0.717, 1.165) is 25.7 Å². The third kappa shape index (κ3) is 5.17. The zero-order valence-electron chi connectivity index (χ0n) is 32.8. The third-order valence-electron chi connectivity index (χ3n) is 14.6. The zero-order valence-corrected chi connectivity index (χ0v) is 32.8. The van der Waals surface area contributed by atoms with E-state index in [1.807, 2.05) is 0 Å². The molecule has 1 nitrogen and oxygen atoms in total. The minimum Gasteiger partial charge on any atom is -0.337 e. The fourth-order valence-electron chi connectivity index (χ4n) is 12.6. The van der Waals surface area contributed by atoms with Crippen molar-refractivity contribution in [3.8, 4) is 0 Å². The Balaban J connectivity index is 1.32. The molecule has 0 saturated heterocycles. The molecule has 1 fully saturated rings. The minimum absolute atomic E-state index is 0.135. The normalized spacial score (nSPS) is 36.6. The first-order valence-corrected chi connectivity index (χ1v) is 21.3. The summed E-state index contributed by atoms with van der Waals surface area (Å²) in [7, 11) is 0. The first-order chi connectivity index (χ1) is 26.6. The molecule has 10 atom stereocenters. The van der Waals surface area contributed by atoms with E-state index in [1.165, 1.54) is 48.2 Å². The maximum absolute atomic E-state index is 4.52. The lowest BCUT2D eigenvalue weighted by Gasteiger charge is -2.50. The molecule has 0 radical (unpaired) electrons. The molecule has 9 rings (SSSR count). The zero-order chi connectivity index (χ0) is 36.9. The van der Waals surface area contributed by atoms with Crippen LogP contribution >= 0.6 is 0 Å². The van der Waals surface area contributed by atoms with E-state index in [-0.39, 0.29) is 10.8 Å². The standard InChI is InChI=1S/C53H59N/c1-5-9-12-23-37-35-52(36-38(24-13-10-6-2)53(37)47(22-7-3)40(8-4)41-27-17-20-31-48(41)53)46-30-19-16-28-42(46)44-33-45-43-29-18-21-32-50(43)54(51(45)34-49(44)52)39-25-14-11-15-26-39/h5,7-9,11-12,14,16-18,20-23,25,27-29,31-36,40-43,46-48,50H,4,6,10,13,15,19,24,26,30H2,1-3H3/b9-5-,22-7-,23-12-. The van der Waals surface area contributed by atoms with Gasteiger partial charge in [-0.2, -0.15) is 0 Å². The van der Waals surface area contributed by atoms with Crippen LogP contribution in [0.15, 0.2) is 169 Å². The Labute approximate surface area is 325 Å². The highest BCUT2D eigenvalue weighted by Crippen LogP contribution is 2.70. The Morgan fingerprint density at radius 1 is 0.852 bits per heavy atom. The van der Waals surface area contributed by atoms with Crippen LogP contribution in [-0.4, -0.2) is 6.04 Å². The van der Waals surface area contributed by atoms with E-state index in [0.29, 0.717) is 47.5 Å². The summed E-state index contributed by atoms with van der Waals surface area (Å²) in [6.07, 6.45) is 62.9. The summed E-state index contributed by atoms with van der Waals surface area (Å²) in [5.41, 5.74) is 10.4. The fraction of sp³-hybridized carbons (Fsp3) is 0.396. The first-order valence-electron chi connectivity index (χ1n) is 21.3. The van der Waals surface area contributed by atoms with Crippen LogP contribution in [0, 0.1) is 35.0 Å². The van der Waals surface area contributed by atoms with Gasteiger partial charge in [0.2, 0.25) is 0 Å². The third-order valence-corrected chi connectivity index (χ3v) is 14.6. The molecule has 10 unspecified atom stereocenters. The second-order valence-electron chi connectivity index (χ2n) is 17.1. The average Bonchev–Trinajstić information content (AvgIpc) is 3.78. The van der Waals surface area contributed by atoms with Crippen LogP contribution in [0.3, 0.4) is 0 Å². The maximum Gasteiger partial charge on any atom is 0.0626 e. The average molecular weight is 710 g/mol. The lowest BCUT2D eigenvalue weighted by atomic mass is 9.52. The molecule has 0 aromatic heterocycles. The highest BCUT2D eigenvalue weighted by molar-refractivity contribution is 5.75. The molecule has 1 aromatic rings. The number of fused-ring (bicyclic) bond motifs is 10. The van der Waals surface area contributed by atoms with Crippen LogP contribution in [0.2, 0.25) is 0 Å². The van der Waals surface area contributed by atoms with Gasteiger partial charge in [-0.25, -0.2) is 0 Å². The number of allylic oxidation sites excluding steroid dienone is 23. The lowest BCUT2D eigenvalue weighted by Crippen LogP contribution is -2.43. The van der Waals surface area contributed by atoms with Crippen LogP contribution in [0.1, 0.15) is 101 Å². The van der Waals surface area contributed by atoms with Crippen molar-refractivity contribution in [2.45, 2.75) is 95.4 Å². The van der Waals surface area contributed by atoms with Gasteiger partial charge < -0.3 is 4.90 Å². The van der Waals surface area contributed by atoms with E-state index < -0.39 is 0 Å². The molecule has 7 aliphatic carbocycles. The highest BCUT2D eigenvalue weighted by Gasteiger charge is 2.63. The molecular formula is C53H59N. The molecule has 276 valence electrons. The fourth-order valence-corrected chi connectivity index (χ4v) is 12.6. The van der Waals surface area contributed by atoms with Gasteiger partial charge in [0.05, 0.1) is 6.04 Å². The molecule has 1 heterocycles. The second-order valence-corrected chi connectivity index (χ2v) is 17.1. The lowest BCUT2D eigenvalue weighted by molar-refractivity contribution is 0.262. The minimum atomic E-state index is -0.176. The molecule has 0 amide bonds. The van der Waals surface area contributed by atoms with Gasteiger partial charge in [-0.3, -0.25) is 0 Å². The largest absolute Gasteiger partial charge is 0.337 e. The summed E-state index contributed by atoms with van der Waals surface area (Å²) in [5, 5.41) is 0. The smallest absolute Gasteiger partial charge is 0.0626 e. The molecule has 2 spiro atoms. The van der Waals surface area contributed by atoms with E-state index in [2.05, 4.69) is 178 Å². The molecule has 1 aromatic carbocycles. The SMILES string of the molecule is C=CC1C2C=CC=CC2C2(C(/C=C\C=C/C)=CC3(C=C2CCCCC)c2cc4c(cc2C2C=CCCC23)C2C=CC=CC2N4C2=CC=CCC2)C1/C=C\C. The second kappa shape index (κ2) is 14.4. The number of hydrogen-bond donors (Lipinski definition) is 0. The summed E-state index contributed by atoms with van der Waals surface area (Å²) in [4.78, 5) is 2.72. The maximum atomic E-state index is 4.52. The van der Waals surface area contributed by atoms with Gasteiger partial charge >= 0.3 is 0 Å². The molecule has 1 aliphatic heterocycles. The quantitative estimate of drug-likeness (QED) is 0.140. The van der Waals surface area contributed by atoms with Gasteiger partial charge in [-0.1, -0.05) is 159 Å². The van der Waals surface area contributed by atoms with Crippen LogP contribution < -0.4 is 4.90 Å². The Bertz CT molecular complexity index is 2040. The van der Waals surface area contributed by atoms with Crippen molar-refractivity contribution in [1.29, 1.82) is 0 Å². The molecule has 0 bridgehead atoms. The van der Waals surface area contributed by atoms with Gasteiger partial charge in [0, 0.05) is 34.1 Å². The highest BCUT2D eigenvalue weighted by atomic mass is 15.2. The number of nitrogens with zero attached hydrogens (tertiary/aromatic N) is 1. The first kappa shape index (κ1) is 35.3. The van der Waals surface area contributed by atoms with Gasteiger partial charge in [0.1, 0.15) is 0 Å². The van der Waals surface area contributed by atoms with E-state index in [4.69, 9.17) is 0 Å². The molecule has 1 heteroatoms. The predicted molar refractivity (Wildman–Crippen MR) is 230 cm³/mol. The van der Waals surface area contributed by atoms with Crippen molar-refractivity contribution in [3.63, 3.8) is 0 Å². The molecular weight excluding hydrogens is 651 g/mol. The van der Waals surface area contributed by atoms with Crippen molar-refractivity contribution in [2.24, 2.45) is 35.0 Å². The topological polar surface area (TPSA) is 3.24 Å². The van der Waals surface area contributed by atoms with Crippen molar-refractivity contribution in [2.75, 3.05) is 4.90 Å². The summed E-state index contributed by atoms with van der Waals surface area (Å²) >= 11 is 0. The van der Waals surface area contributed by atoms with E-state index >= 15 is 0 Å². The van der Waals surface area contributed by atoms with Crippen molar-refractivity contribution < 1.29 is 0 Å². The van der Waals surface area contributed by atoms with Crippen LogP contribution in [0.5, 0.6) is 0 Å². The van der Waals surface area contributed by atoms with Crippen molar-refractivity contribution in [3.05, 3.63) is 186 Å².